The second-order valence-corrected chi connectivity index (χ2v) is 7.75. The lowest BCUT2D eigenvalue weighted by Gasteiger charge is -2.29. The monoisotopic (exact) mass is 410 g/mol. The molecule has 1 atom stereocenters. The summed E-state index contributed by atoms with van der Waals surface area (Å²) < 4.78 is 17.6. The Morgan fingerprint density at radius 1 is 1.23 bits per heavy atom. The van der Waals surface area contributed by atoms with Gasteiger partial charge in [-0.15, -0.1) is 0 Å². The van der Waals surface area contributed by atoms with Crippen LogP contribution in [0.25, 0.3) is 11.2 Å². The topological polar surface area (TPSA) is 77.4 Å². The van der Waals surface area contributed by atoms with Gasteiger partial charge in [-0.05, 0) is 38.5 Å². The quantitative estimate of drug-likeness (QED) is 0.619. The van der Waals surface area contributed by atoms with Crippen molar-refractivity contribution in [2.24, 2.45) is 12.1 Å². The summed E-state index contributed by atoms with van der Waals surface area (Å²) in [5, 5.41) is 6.29. The van der Waals surface area contributed by atoms with Gasteiger partial charge in [0, 0.05) is 7.05 Å². The number of nitrogens with zero attached hydrogens (tertiary/aromatic N) is 6. The van der Waals surface area contributed by atoms with Crippen LogP contribution in [0.3, 0.4) is 0 Å². The van der Waals surface area contributed by atoms with Crippen LogP contribution >= 0.6 is 0 Å². The molecule has 3 aromatic rings. The van der Waals surface area contributed by atoms with E-state index in [-0.39, 0.29) is 18.4 Å². The molecule has 0 spiro atoms. The molecule has 30 heavy (non-hydrogen) atoms. The molecule has 9 heteroatoms. The molecule has 0 saturated heterocycles. The summed E-state index contributed by atoms with van der Waals surface area (Å²) in [7, 11) is 1.59. The van der Waals surface area contributed by atoms with Crippen LogP contribution in [0.15, 0.2) is 51.1 Å². The van der Waals surface area contributed by atoms with Crippen molar-refractivity contribution in [2.45, 2.75) is 33.4 Å². The van der Waals surface area contributed by atoms with E-state index in [9.17, 15) is 14.0 Å². The minimum absolute atomic E-state index is 0.0408. The number of hydrogen-bond donors (Lipinski definition) is 0. The first-order valence-corrected chi connectivity index (χ1v) is 9.62. The molecule has 8 nitrogen and oxygen atoms in total. The van der Waals surface area contributed by atoms with E-state index in [1.54, 1.807) is 24.2 Å². The summed E-state index contributed by atoms with van der Waals surface area (Å²) >= 11 is 0. The molecule has 156 valence electrons. The minimum atomic E-state index is -0.482. The summed E-state index contributed by atoms with van der Waals surface area (Å²) in [6, 6.07) is 5.54. The van der Waals surface area contributed by atoms with Crippen molar-refractivity contribution in [3.05, 3.63) is 68.6 Å². The highest BCUT2D eigenvalue weighted by Crippen LogP contribution is 2.30. The predicted octanol–water partition coefficient (Wildman–Crippen LogP) is 2.42. The first kappa shape index (κ1) is 19.8. The summed E-state index contributed by atoms with van der Waals surface area (Å²) in [4.78, 5) is 31.0. The second-order valence-electron chi connectivity index (χ2n) is 7.75. The van der Waals surface area contributed by atoms with E-state index in [1.807, 2.05) is 25.3 Å². The Balaban J connectivity index is 1.97. The van der Waals surface area contributed by atoms with E-state index in [1.165, 1.54) is 16.7 Å². The van der Waals surface area contributed by atoms with Gasteiger partial charge in [-0.2, -0.15) is 10.1 Å². The SMILES string of the molecule is C=C(C)CN1N=C(C)C(C)n2c1nc1c2c(=O)n(Cc2ccc(F)cc2)c(=O)n1C. The van der Waals surface area contributed by atoms with Crippen molar-refractivity contribution in [2.75, 3.05) is 11.6 Å². The van der Waals surface area contributed by atoms with Crippen LogP contribution in [0, 0.1) is 5.82 Å². The lowest BCUT2D eigenvalue weighted by Crippen LogP contribution is -2.40. The summed E-state index contributed by atoms with van der Waals surface area (Å²) in [5.41, 5.74) is 2.09. The molecule has 1 aromatic carbocycles. The number of hydrogen-bond acceptors (Lipinski definition) is 5. The highest BCUT2D eigenvalue weighted by Gasteiger charge is 2.30. The number of halogens is 1. The molecular weight excluding hydrogens is 387 g/mol. The van der Waals surface area contributed by atoms with Gasteiger partial charge in [0.2, 0.25) is 5.95 Å². The summed E-state index contributed by atoms with van der Waals surface area (Å²) in [5.74, 6) is 0.123. The zero-order valence-electron chi connectivity index (χ0n) is 17.4. The van der Waals surface area contributed by atoms with Crippen LogP contribution < -0.4 is 16.3 Å². The highest BCUT2D eigenvalue weighted by atomic mass is 19.1. The molecular formula is C21H23FN6O2. The molecule has 2 aromatic heterocycles. The Bertz CT molecular complexity index is 1310. The van der Waals surface area contributed by atoms with Crippen LogP contribution in [0.2, 0.25) is 0 Å². The zero-order chi connectivity index (χ0) is 21.7. The third kappa shape index (κ3) is 3.06. The maximum atomic E-state index is 13.4. The lowest BCUT2D eigenvalue weighted by atomic mass is 10.2. The molecule has 1 aliphatic heterocycles. The third-order valence-electron chi connectivity index (χ3n) is 5.33. The maximum absolute atomic E-state index is 13.4. The van der Waals surface area contributed by atoms with Gasteiger partial charge in [0.05, 0.1) is 24.8 Å². The standard InChI is InChI=1S/C21H23FN6O2/c1-12(2)10-27-20-23-18-17(28(20)14(4)13(3)24-27)19(29)26(21(30)25(18)5)11-15-6-8-16(22)9-7-15/h6-9,14H,1,10-11H2,2-5H3. The van der Waals surface area contributed by atoms with Crippen molar-refractivity contribution in [3.63, 3.8) is 0 Å². The molecule has 4 rings (SSSR count). The summed E-state index contributed by atoms with van der Waals surface area (Å²) in [6.45, 7) is 10.2. The molecule has 3 heterocycles. The van der Waals surface area contributed by atoms with Gasteiger partial charge < -0.3 is 0 Å². The average Bonchev–Trinajstić information content (AvgIpc) is 3.10. The minimum Gasteiger partial charge on any atom is -0.294 e. The third-order valence-corrected chi connectivity index (χ3v) is 5.33. The number of benzene rings is 1. The predicted molar refractivity (Wildman–Crippen MR) is 115 cm³/mol. The van der Waals surface area contributed by atoms with Gasteiger partial charge in [0.15, 0.2) is 11.2 Å². The van der Waals surface area contributed by atoms with E-state index < -0.39 is 11.2 Å². The molecule has 0 N–H and O–H groups in total. The fourth-order valence-corrected chi connectivity index (χ4v) is 3.66. The van der Waals surface area contributed by atoms with Gasteiger partial charge in [-0.1, -0.05) is 24.3 Å². The highest BCUT2D eigenvalue weighted by molar-refractivity contribution is 5.91. The van der Waals surface area contributed by atoms with Gasteiger partial charge in [0.1, 0.15) is 5.82 Å². The van der Waals surface area contributed by atoms with E-state index in [2.05, 4.69) is 16.7 Å². The number of aryl methyl sites for hydroxylation is 1. The van der Waals surface area contributed by atoms with Gasteiger partial charge in [0.25, 0.3) is 5.56 Å². The van der Waals surface area contributed by atoms with E-state index in [0.717, 1.165) is 15.9 Å². The molecule has 0 saturated carbocycles. The first-order chi connectivity index (χ1) is 14.2. The number of aromatic nitrogens is 4. The van der Waals surface area contributed by atoms with Gasteiger partial charge in [-0.3, -0.25) is 18.5 Å². The zero-order valence-corrected chi connectivity index (χ0v) is 17.4. The Hall–Kier alpha value is -3.49. The number of imidazole rings is 1. The normalized spacial score (nSPS) is 16.0. The second kappa shape index (κ2) is 7.08. The van der Waals surface area contributed by atoms with Crippen LogP contribution in [-0.2, 0) is 13.6 Å². The van der Waals surface area contributed by atoms with E-state index in [4.69, 9.17) is 0 Å². The molecule has 0 bridgehead atoms. The van der Waals surface area contributed by atoms with Crippen LogP contribution in [0.1, 0.15) is 32.4 Å². The van der Waals surface area contributed by atoms with Crippen LogP contribution in [0.4, 0.5) is 10.3 Å². The van der Waals surface area contributed by atoms with E-state index in [0.29, 0.717) is 29.2 Å². The summed E-state index contributed by atoms with van der Waals surface area (Å²) in [6.07, 6.45) is 0. The Labute approximate surface area is 172 Å². The van der Waals surface area contributed by atoms with Crippen LogP contribution in [0.5, 0.6) is 0 Å². The van der Waals surface area contributed by atoms with E-state index >= 15 is 0 Å². The Kier molecular flexibility index (Phi) is 4.68. The molecule has 0 amide bonds. The smallest absolute Gasteiger partial charge is 0.294 e. The number of rotatable bonds is 4. The lowest BCUT2D eigenvalue weighted by molar-refractivity contribution is 0.621. The first-order valence-electron chi connectivity index (χ1n) is 9.62. The van der Waals surface area contributed by atoms with Crippen molar-refractivity contribution < 1.29 is 4.39 Å². The number of fused-ring (bicyclic) bond motifs is 3. The molecule has 1 aliphatic rings. The van der Waals surface area contributed by atoms with Crippen molar-refractivity contribution in [1.82, 2.24) is 18.7 Å². The molecule has 0 radical (unpaired) electrons. The number of hydrazone groups is 1. The van der Waals surface area contributed by atoms with Crippen molar-refractivity contribution in [1.29, 1.82) is 0 Å². The fraction of sp³-hybridized carbons (Fsp3) is 0.333. The average molecular weight is 410 g/mol. The Morgan fingerprint density at radius 3 is 2.53 bits per heavy atom. The molecule has 1 unspecified atom stereocenters. The maximum Gasteiger partial charge on any atom is 0.332 e. The van der Waals surface area contributed by atoms with Gasteiger partial charge in [-0.25, -0.2) is 14.2 Å². The molecule has 0 aliphatic carbocycles. The number of anilines is 1. The van der Waals surface area contributed by atoms with Crippen molar-refractivity contribution >= 4 is 22.8 Å². The fourth-order valence-electron chi connectivity index (χ4n) is 3.66. The Morgan fingerprint density at radius 2 is 1.90 bits per heavy atom. The van der Waals surface area contributed by atoms with Crippen LogP contribution in [-0.4, -0.2) is 30.9 Å². The largest absolute Gasteiger partial charge is 0.332 e. The van der Waals surface area contributed by atoms with Crippen molar-refractivity contribution in [3.8, 4) is 0 Å². The van der Waals surface area contributed by atoms with Gasteiger partial charge >= 0.3 is 5.69 Å². The molecule has 0 fully saturated rings.